The van der Waals surface area contributed by atoms with E-state index < -0.39 is 54.3 Å². The van der Waals surface area contributed by atoms with Crippen molar-refractivity contribution < 1.29 is 34.2 Å². The summed E-state index contributed by atoms with van der Waals surface area (Å²) in [5, 5.41) is 23.8. The monoisotopic (exact) mass is 520 g/mol. The SMILES string of the molecule is NCCCC[C@H](N)C(=O)N1CCC[C@H]1C(=O)N[C@@H](CC(N)=O)C(=O)N[C@@H](Cc1ccc(O)cc1)C(=O)O. The Morgan fingerprint density at radius 2 is 1.73 bits per heavy atom. The number of nitrogens with two attached hydrogens (primary N) is 3. The van der Waals surface area contributed by atoms with Gasteiger partial charge < -0.3 is 42.9 Å². The van der Waals surface area contributed by atoms with E-state index in [-0.39, 0.29) is 18.1 Å². The number of hydrogen-bond acceptors (Lipinski definition) is 8. The van der Waals surface area contributed by atoms with E-state index in [2.05, 4.69) is 10.6 Å². The van der Waals surface area contributed by atoms with Gasteiger partial charge in [-0.2, -0.15) is 0 Å². The second-order valence-electron chi connectivity index (χ2n) is 9.08. The summed E-state index contributed by atoms with van der Waals surface area (Å²) in [5.41, 5.74) is 17.3. The van der Waals surface area contributed by atoms with E-state index >= 15 is 0 Å². The fourth-order valence-electron chi connectivity index (χ4n) is 4.17. The number of amides is 4. The third-order valence-corrected chi connectivity index (χ3v) is 6.15. The first-order valence-electron chi connectivity index (χ1n) is 12.2. The lowest BCUT2D eigenvalue weighted by molar-refractivity contribution is -0.143. The molecule has 204 valence electrons. The molecule has 1 heterocycles. The van der Waals surface area contributed by atoms with Crippen molar-refractivity contribution in [3.05, 3.63) is 29.8 Å². The van der Waals surface area contributed by atoms with Crippen LogP contribution in [0.25, 0.3) is 0 Å². The van der Waals surface area contributed by atoms with Crippen molar-refractivity contribution >= 4 is 29.6 Å². The molecule has 1 aromatic carbocycles. The quantitative estimate of drug-likeness (QED) is 0.138. The Labute approximate surface area is 214 Å². The van der Waals surface area contributed by atoms with Crippen LogP contribution in [-0.4, -0.2) is 82.0 Å². The van der Waals surface area contributed by atoms with Crippen molar-refractivity contribution in [2.45, 2.75) is 69.1 Å². The largest absolute Gasteiger partial charge is 0.508 e. The Hall–Kier alpha value is -3.71. The van der Waals surface area contributed by atoms with Gasteiger partial charge in [-0.25, -0.2) is 4.79 Å². The van der Waals surface area contributed by atoms with E-state index in [1.165, 1.54) is 29.2 Å². The van der Waals surface area contributed by atoms with E-state index in [1.807, 2.05) is 0 Å². The van der Waals surface area contributed by atoms with Gasteiger partial charge in [-0.15, -0.1) is 0 Å². The number of rotatable bonds is 14. The third-order valence-electron chi connectivity index (χ3n) is 6.15. The molecular formula is C24H36N6O7. The van der Waals surface area contributed by atoms with Gasteiger partial charge in [-0.05, 0) is 49.9 Å². The van der Waals surface area contributed by atoms with Gasteiger partial charge in [-0.1, -0.05) is 18.6 Å². The highest BCUT2D eigenvalue weighted by Gasteiger charge is 2.38. The van der Waals surface area contributed by atoms with Crippen LogP contribution in [-0.2, 0) is 30.4 Å². The van der Waals surface area contributed by atoms with Crippen LogP contribution >= 0.6 is 0 Å². The molecular weight excluding hydrogens is 484 g/mol. The van der Waals surface area contributed by atoms with E-state index in [0.717, 1.165) is 6.42 Å². The lowest BCUT2D eigenvalue weighted by atomic mass is 10.0. The van der Waals surface area contributed by atoms with Gasteiger partial charge in [-0.3, -0.25) is 19.2 Å². The van der Waals surface area contributed by atoms with Crippen LogP contribution < -0.4 is 27.8 Å². The van der Waals surface area contributed by atoms with Gasteiger partial charge in [0, 0.05) is 13.0 Å². The van der Waals surface area contributed by atoms with Gasteiger partial charge in [0.05, 0.1) is 12.5 Å². The third kappa shape index (κ3) is 9.03. The molecule has 0 bridgehead atoms. The molecule has 0 spiro atoms. The molecule has 1 saturated heterocycles. The summed E-state index contributed by atoms with van der Waals surface area (Å²) < 4.78 is 0. The lowest BCUT2D eigenvalue weighted by Crippen LogP contribution is -2.57. The number of nitrogens with zero attached hydrogens (tertiary/aromatic N) is 1. The normalized spacial score (nSPS) is 17.5. The van der Waals surface area contributed by atoms with Crippen LogP contribution in [0.2, 0.25) is 0 Å². The average molecular weight is 521 g/mol. The molecule has 0 aromatic heterocycles. The number of aromatic hydroxyl groups is 1. The number of carbonyl (C=O) groups excluding carboxylic acids is 4. The van der Waals surface area contributed by atoms with E-state index in [1.54, 1.807) is 0 Å². The van der Waals surface area contributed by atoms with Gasteiger partial charge in [0.1, 0.15) is 23.9 Å². The molecule has 13 nitrogen and oxygen atoms in total. The Kier molecular flexibility index (Phi) is 11.3. The molecule has 1 aliphatic rings. The predicted molar refractivity (Wildman–Crippen MR) is 133 cm³/mol. The van der Waals surface area contributed by atoms with Crippen molar-refractivity contribution in [2.75, 3.05) is 13.1 Å². The maximum absolute atomic E-state index is 13.0. The molecule has 0 aliphatic carbocycles. The number of likely N-dealkylation sites (tertiary alicyclic amines) is 1. The van der Waals surface area contributed by atoms with Gasteiger partial charge in [0.2, 0.25) is 23.6 Å². The topological polar surface area (TPSA) is 231 Å². The second kappa shape index (κ2) is 14.1. The zero-order valence-corrected chi connectivity index (χ0v) is 20.6. The molecule has 0 saturated carbocycles. The molecule has 1 fully saturated rings. The summed E-state index contributed by atoms with van der Waals surface area (Å²) in [6, 6.07) is 1.28. The predicted octanol–water partition coefficient (Wildman–Crippen LogP) is -1.69. The van der Waals surface area contributed by atoms with Crippen LogP contribution in [0.15, 0.2) is 24.3 Å². The highest BCUT2D eigenvalue weighted by Crippen LogP contribution is 2.20. The number of phenolic OH excluding ortho intramolecular Hbond substituents is 1. The van der Waals surface area contributed by atoms with Crippen LogP contribution in [0.1, 0.15) is 44.1 Å². The first kappa shape index (κ1) is 29.5. The molecule has 10 N–H and O–H groups in total. The molecule has 1 aromatic rings. The van der Waals surface area contributed by atoms with Gasteiger partial charge in [0.25, 0.3) is 0 Å². The lowest BCUT2D eigenvalue weighted by Gasteiger charge is -2.28. The molecule has 0 radical (unpaired) electrons. The first-order valence-corrected chi connectivity index (χ1v) is 12.2. The number of carbonyl (C=O) groups is 5. The zero-order chi connectivity index (χ0) is 27.5. The number of carboxylic acids is 1. The maximum Gasteiger partial charge on any atom is 0.326 e. The van der Waals surface area contributed by atoms with Crippen LogP contribution in [0, 0.1) is 0 Å². The minimum absolute atomic E-state index is 0.000140. The van der Waals surface area contributed by atoms with Crippen molar-refractivity contribution in [2.24, 2.45) is 17.2 Å². The number of unbranched alkanes of at least 4 members (excludes halogenated alkanes) is 1. The minimum Gasteiger partial charge on any atom is -0.508 e. The summed E-state index contributed by atoms with van der Waals surface area (Å²) in [6.07, 6.45) is 2.04. The maximum atomic E-state index is 13.0. The Morgan fingerprint density at radius 3 is 2.32 bits per heavy atom. The highest BCUT2D eigenvalue weighted by molar-refractivity contribution is 5.96. The number of benzene rings is 1. The first-order chi connectivity index (χ1) is 17.5. The van der Waals surface area contributed by atoms with Gasteiger partial charge >= 0.3 is 5.97 Å². The summed E-state index contributed by atoms with van der Waals surface area (Å²) in [6.45, 7) is 0.804. The molecule has 2 rings (SSSR count). The van der Waals surface area contributed by atoms with E-state index in [4.69, 9.17) is 17.2 Å². The highest BCUT2D eigenvalue weighted by atomic mass is 16.4. The number of carboxylic acid groups (broad SMARTS) is 1. The second-order valence-corrected chi connectivity index (χ2v) is 9.08. The fraction of sp³-hybridized carbons (Fsp3) is 0.542. The van der Waals surface area contributed by atoms with Crippen molar-refractivity contribution in [1.82, 2.24) is 15.5 Å². The minimum atomic E-state index is -1.44. The van der Waals surface area contributed by atoms with Crippen LogP contribution in [0.4, 0.5) is 0 Å². The van der Waals surface area contributed by atoms with Crippen molar-refractivity contribution in [1.29, 1.82) is 0 Å². The summed E-state index contributed by atoms with van der Waals surface area (Å²) in [4.78, 5) is 63.5. The molecule has 4 atom stereocenters. The molecule has 1 aliphatic heterocycles. The molecule has 13 heteroatoms. The smallest absolute Gasteiger partial charge is 0.326 e. The number of phenols is 1. The Bertz CT molecular complexity index is 971. The molecule has 4 amide bonds. The van der Waals surface area contributed by atoms with Crippen LogP contribution in [0.3, 0.4) is 0 Å². The summed E-state index contributed by atoms with van der Waals surface area (Å²) >= 11 is 0. The summed E-state index contributed by atoms with van der Waals surface area (Å²) in [5.74, 6) is -4.17. The number of hydrogen-bond donors (Lipinski definition) is 7. The Morgan fingerprint density at radius 1 is 1.05 bits per heavy atom. The van der Waals surface area contributed by atoms with Crippen LogP contribution in [0.5, 0.6) is 5.75 Å². The number of aliphatic carboxylic acids is 1. The van der Waals surface area contributed by atoms with E-state index in [0.29, 0.717) is 44.3 Å². The standard InChI is InChI=1S/C24H36N6O7/c25-10-2-1-4-16(26)23(35)30-11-3-5-19(30)22(34)28-17(13-20(27)32)21(33)29-18(24(36)37)12-14-6-8-15(31)9-7-14/h6-9,16-19,31H,1-5,10-13,25-26H2,(H2,27,32)(H,28,34)(H,29,33)(H,36,37)/t16-,17-,18-,19-/m0/s1. The fourth-order valence-corrected chi connectivity index (χ4v) is 4.17. The molecule has 0 unspecified atom stereocenters. The average Bonchev–Trinajstić information content (AvgIpc) is 3.33. The van der Waals surface area contributed by atoms with E-state index in [9.17, 15) is 34.2 Å². The number of primary amides is 1. The Balaban J connectivity index is 2.08. The van der Waals surface area contributed by atoms with Crippen molar-refractivity contribution in [3.8, 4) is 5.75 Å². The summed E-state index contributed by atoms with van der Waals surface area (Å²) in [7, 11) is 0. The zero-order valence-electron chi connectivity index (χ0n) is 20.6. The molecule has 37 heavy (non-hydrogen) atoms. The number of nitrogens with one attached hydrogen (secondary N) is 2. The van der Waals surface area contributed by atoms with Gasteiger partial charge in [0.15, 0.2) is 0 Å². The van der Waals surface area contributed by atoms with Crippen molar-refractivity contribution in [3.63, 3.8) is 0 Å².